The van der Waals surface area contributed by atoms with Crippen LogP contribution in [0, 0.1) is 10.1 Å². The highest BCUT2D eigenvalue weighted by molar-refractivity contribution is 6.23. The van der Waals surface area contributed by atoms with Gasteiger partial charge in [-0.3, -0.25) is 19.7 Å². The van der Waals surface area contributed by atoms with Crippen molar-refractivity contribution in [3.8, 4) is 11.5 Å². The number of rotatable bonds is 6. The quantitative estimate of drug-likeness (QED) is 0.471. The van der Waals surface area contributed by atoms with Crippen molar-refractivity contribution in [3.05, 3.63) is 52.6 Å². The lowest BCUT2D eigenvalue weighted by Gasteiger charge is -2.17. The Morgan fingerprint density at radius 3 is 2.52 bits per heavy atom. The van der Waals surface area contributed by atoms with Crippen molar-refractivity contribution in [2.24, 2.45) is 0 Å². The van der Waals surface area contributed by atoms with E-state index in [9.17, 15) is 19.7 Å². The number of hydrogen-bond donors (Lipinski definition) is 1. The zero-order chi connectivity index (χ0) is 19.6. The Morgan fingerprint density at radius 1 is 1.11 bits per heavy atom. The molecule has 2 aromatic rings. The molecular weight excluding hydrogens is 354 g/mol. The standard InChI is InChI=1S/C18H17N3O6/c1-26-15-7-6-12(9-16(15)27-2)20-17(22)10-14(18(20)23)19-11-4-3-5-13(8-11)21(24)25/h3-9,14,19H,10H2,1-2H3/t14-/m0/s1. The van der Waals surface area contributed by atoms with Crippen LogP contribution in [0.15, 0.2) is 42.5 Å². The number of anilines is 2. The van der Waals surface area contributed by atoms with Gasteiger partial charge in [-0.25, -0.2) is 4.90 Å². The summed E-state index contributed by atoms with van der Waals surface area (Å²) >= 11 is 0. The third-order valence-corrected chi connectivity index (χ3v) is 4.17. The molecule has 0 radical (unpaired) electrons. The second kappa shape index (κ2) is 7.32. The monoisotopic (exact) mass is 371 g/mol. The molecule has 1 heterocycles. The normalized spacial score (nSPS) is 16.4. The molecular formula is C18H17N3O6. The maximum Gasteiger partial charge on any atom is 0.271 e. The fourth-order valence-corrected chi connectivity index (χ4v) is 2.89. The second-order valence-corrected chi connectivity index (χ2v) is 5.82. The first-order valence-corrected chi connectivity index (χ1v) is 8.04. The summed E-state index contributed by atoms with van der Waals surface area (Å²) in [7, 11) is 2.95. The number of nitrogens with zero attached hydrogens (tertiary/aromatic N) is 2. The molecule has 1 saturated heterocycles. The van der Waals surface area contributed by atoms with Crippen molar-refractivity contribution < 1.29 is 24.0 Å². The molecule has 1 N–H and O–H groups in total. The first-order valence-electron chi connectivity index (χ1n) is 8.04. The number of imide groups is 1. The van der Waals surface area contributed by atoms with Crippen LogP contribution < -0.4 is 19.7 Å². The number of nitro benzene ring substituents is 1. The first-order chi connectivity index (χ1) is 12.9. The number of nitro groups is 1. The molecule has 1 aliphatic rings. The second-order valence-electron chi connectivity index (χ2n) is 5.82. The number of nitrogens with one attached hydrogen (secondary N) is 1. The number of methoxy groups -OCH3 is 2. The van der Waals surface area contributed by atoms with Crippen LogP contribution >= 0.6 is 0 Å². The Labute approximate surface area is 154 Å². The molecule has 1 aliphatic heterocycles. The minimum atomic E-state index is -0.812. The molecule has 2 aromatic carbocycles. The molecule has 0 aromatic heterocycles. The zero-order valence-electron chi connectivity index (χ0n) is 14.7. The molecule has 2 amide bonds. The van der Waals surface area contributed by atoms with Gasteiger partial charge < -0.3 is 14.8 Å². The highest BCUT2D eigenvalue weighted by atomic mass is 16.6. The third kappa shape index (κ3) is 3.52. The van der Waals surface area contributed by atoms with Crippen LogP contribution in [-0.4, -0.2) is 37.0 Å². The molecule has 0 spiro atoms. The van der Waals surface area contributed by atoms with Gasteiger partial charge in [0.2, 0.25) is 5.91 Å². The summed E-state index contributed by atoms with van der Waals surface area (Å²) < 4.78 is 10.4. The third-order valence-electron chi connectivity index (χ3n) is 4.17. The van der Waals surface area contributed by atoms with Crippen LogP contribution in [0.5, 0.6) is 11.5 Å². The lowest BCUT2D eigenvalue weighted by molar-refractivity contribution is -0.384. The average molecular weight is 371 g/mol. The van der Waals surface area contributed by atoms with Gasteiger partial charge in [-0.15, -0.1) is 0 Å². The minimum absolute atomic E-state index is 0.0597. The number of benzene rings is 2. The highest BCUT2D eigenvalue weighted by Crippen LogP contribution is 2.34. The topological polar surface area (TPSA) is 111 Å². The number of ether oxygens (including phenoxy) is 2. The van der Waals surface area contributed by atoms with Crippen molar-refractivity contribution in [1.29, 1.82) is 0 Å². The molecule has 140 valence electrons. The minimum Gasteiger partial charge on any atom is -0.493 e. The SMILES string of the molecule is COc1ccc(N2C(=O)C[C@H](Nc3cccc([N+](=O)[O-])c3)C2=O)cc1OC. The fraction of sp³-hybridized carbons (Fsp3) is 0.222. The molecule has 9 nitrogen and oxygen atoms in total. The Kier molecular flexibility index (Phi) is 4.93. The molecule has 1 fully saturated rings. The molecule has 3 rings (SSSR count). The predicted octanol–water partition coefficient (Wildman–Crippen LogP) is 2.36. The molecule has 0 aliphatic carbocycles. The maximum atomic E-state index is 12.7. The van der Waals surface area contributed by atoms with Crippen LogP contribution in [0.4, 0.5) is 17.1 Å². The van der Waals surface area contributed by atoms with E-state index in [1.54, 1.807) is 24.3 Å². The van der Waals surface area contributed by atoms with Gasteiger partial charge in [0.15, 0.2) is 11.5 Å². The van der Waals surface area contributed by atoms with Crippen molar-refractivity contribution >= 4 is 28.9 Å². The molecule has 9 heteroatoms. The van der Waals surface area contributed by atoms with E-state index in [0.717, 1.165) is 4.90 Å². The van der Waals surface area contributed by atoms with E-state index in [2.05, 4.69) is 5.32 Å². The van der Waals surface area contributed by atoms with Crippen LogP contribution in [0.25, 0.3) is 0 Å². The zero-order valence-corrected chi connectivity index (χ0v) is 14.7. The number of carbonyl (C=O) groups excluding carboxylic acids is 2. The van der Waals surface area contributed by atoms with Gasteiger partial charge in [-0.2, -0.15) is 0 Å². The van der Waals surface area contributed by atoms with Crippen LogP contribution in [0.1, 0.15) is 6.42 Å². The van der Waals surface area contributed by atoms with E-state index in [4.69, 9.17) is 9.47 Å². The number of amides is 2. The van der Waals surface area contributed by atoms with Crippen molar-refractivity contribution in [2.75, 3.05) is 24.4 Å². The molecule has 0 unspecified atom stereocenters. The van der Waals surface area contributed by atoms with Gasteiger partial charge in [0, 0.05) is 23.9 Å². The summed E-state index contributed by atoms with van der Waals surface area (Å²) in [6.07, 6.45) is -0.0597. The largest absolute Gasteiger partial charge is 0.493 e. The van der Waals surface area contributed by atoms with Crippen LogP contribution in [0.2, 0.25) is 0 Å². The Morgan fingerprint density at radius 2 is 1.85 bits per heavy atom. The van der Waals surface area contributed by atoms with Gasteiger partial charge in [-0.05, 0) is 18.2 Å². The lowest BCUT2D eigenvalue weighted by Crippen LogP contribution is -2.34. The van der Waals surface area contributed by atoms with E-state index < -0.39 is 16.9 Å². The summed E-state index contributed by atoms with van der Waals surface area (Å²) in [5.41, 5.74) is 0.657. The molecule has 0 bridgehead atoms. The molecule has 27 heavy (non-hydrogen) atoms. The van der Waals surface area contributed by atoms with E-state index in [1.807, 2.05) is 0 Å². The fourth-order valence-electron chi connectivity index (χ4n) is 2.89. The van der Waals surface area contributed by atoms with Gasteiger partial charge in [-0.1, -0.05) is 6.07 Å². The summed E-state index contributed by atoms with van der Waals surface area (Å²) in [5, 5.41) is 13.8. The maximum absolute atomic E-state index is 12.7. The Balaban J connectivity index is 1.83. The van der Waals surface area contributed by atoms with Gasteiger partial charge in [0.05, 0.1) is 31.3 Å². The van der Waals surface area contributed by atoms with E-state index in [-0.39, 0.29) is 18.0 Å². The van der Waals surface area contributed by atoms with E-state index in [0.29, 0.717) is 22.9 Å². The Hall–Kier alpha value is -3.62. The van der Waals surface area contributed by atoms with Crippen molar-refractivity contribution in [3.63, 3.8) is 0 Å². The van der Waals surface area contributed by atoms with Crippen molar-refractivity contribution in [1.82, 2.24) is 0 Å². The highest BCUT2D eigenvalue weighted by Gasteiger charge is 2.40. The Bertz CT molecular complexity index is 914. The predicted molar refractivity (Wildman–Crippen MR) is 97.2 cm³/mol. The average Bonchev–Trinajstić information content (AvgIpc) is 2.94. The summed E-state index contributed by atoms with van der Waals surface area (Å²) in [4.78, 5) is 36.6. The summed E-state index contributed by atoms with van der Waals surface area (Å²) in [5.74, 6) is 0.0474. The van der Waals surface area contributed by atoms with E-state index >= 15 is 0 Å². The smallest absolute Gasteiger partial charge is 0.271 e. The van der Waals surface area contributed by atoms with Gasteiger partial charge in [0.1, 0.15) is 6.04 Å². The van der Waals surface area contributed by atoms with E-state index in [1.165, 1.54) is 32.4 Å². The number of non-ortho nitro benzene ring substituents is 1. The summed E-state index contributed by atoms with van der Waals surface area (Å²) in [6, 6.07) is 9.71. The van der Waals surface area contributed by atoms with Gasteiger partial charge in [0.25, 0.3) is 11.6 Å². The number of carbonyl (C=O) groups is 2. The molecule has 1 atom stereocenters. The summed E-state index contributed by atoms with van der Waals surface area (Å²) in [6.45, 7) is 0. The van der Waals surface area contributed by atoms with Crippen LogP contribution in [0.3, 0.4) is 0 Å². The number of hydrogen-bond acceptors (Lipinski definition) is 7. The first kappa shape index (κ1) is 18.2. The van der Waals surface area contributed by atoms with Crippen molar-refractivity contribution in [2.45, 2.75) is 12.5 Å². The van der Waals surface area contributed by atoms with Crippen LogP contribution in [-0.2, 0) is 9.59 Å². The lowest BCUT2D eigenvalue weighted by atomic mass is 10.2. The van der Waals surface area contributed by atoms with Gasteiger partial charge >= 0.3 is 0 Å². The molecule has 0 saturated carbocycles.